The van der Waals surface area contributed by atoms with Crippen molar-refractivity contribution in [2.45, 2.75) is 33.7 Å². The van der Waals surface area contributed by atoms with Crippen LogP contribution in [0.15, 0.2) is 0 Å². The molecule has 4 nitrogen and oxygen atoms in total. The van der Waals surface area contributed by atoms with Crippen LogP contribution in [0.25, 0.3) is 0 Å². The van der Waals surface area contributed by atoms with Crippen LogP contribution >= 0.6 is 0 Å². The number of hydrogen-bond acceptors (Lipinski definition) is 3. The first-order chi connectivity index (χ1) is 5.79. The summed E-state index contributed by atoms with van der Waals surface area (Å²) in [6.07, 6.45) is 0. The third kappa shape index (κ3) is 3.92. The van der Waals surface area contributed by atoms with E-state index in [4.69, 9.17) is 0 Å². The molecular formula is C9H17NO3. The molecule has 4 heteroatoms. The molecule has 0 saturated carbocycles. The largest absolute Gasteiger partial charge is 0.462 e. The molecule has 0 fully saturated rings. The lowest BCUT2D eigenvalue weighted by Gasteiger charge is -2.27. The molecule has 0 aliphatic rings. The van der Waals surface area contributed by atoms with Gasteiger partial charge in [-0.1, -0.05) is 20.8 Å². The van der Waals surface area contributed by atoms with E-state index >= 15 is 0 Å². The van der Waals surface area contributed by atoms with Crippen LogP contribution in [-0.4, -0.2) is 25.0 Å². The molecule has 0 saturated heterocycles. The number of carbonyl (C=O) groups is 2. The Morgan fingerprint density at radius 2 is 1.77 bits per heavy atom. The maximum Gasteiger partial charge on any atom is 0.396 e. The highest BCUT2D eigenvalue weighted by Gasteiger charge is 2.24. The third-order valence-electron chi connectivity index (χ3n) is 2.02. The average Bonchev–Trinajstić information content (AvgIpc) is 2.01. The number of hydrogen-bond donors (Lipinski definition) is 1. The molecule has 0 aliphatic heterocycles. The van der Waals surface area contributed by atoms with Gasteiger partial charge in [0.25, 0.3) is 0 Å². The number of nitrogens with one attached hydrogen (secondary N) is 1. The van der Waals surface area contributed by atoms with Gasteiger partial charge in [0, 0.05) is 6.04 Å². The minimum Gasteiger partial charge on any atom is -0.462 e. The Labute approximate surface area is 78.6 Å². The van der Waals surface area contributed by atoms with E-state index in [-0.39, 0.29) is 11.5 Å². The van der Waals surface area contributed by atoms with Gasteiger partial charge in [-0.3, -0.25) is 4.79 Å². The minimum absolute atomic E-state index is 0.0658. The molecule has 0 spiro atoms. The summed E-state index contributed by atoms with van der Waals surface area (Å²) in [6, 6.07) is -0.0703. The van der Waals surface area contributed by atoms with Crippen molar-refractivity contribution in [1.29, 1.82) is 0 Å². The van der Waals surface area contributed by atoms with E-state index < -0.39 is 11.9 Å². The van der Waals surface area contributed by atoms with E-state index in [9.17, 15) is 9.59 Å². The molecule has 1 N–H and O–H groups in total. The quantitative estimate of drug-likeness (QED) is 0.486. The minimum atomic E-state index is -0.851. The van der Waals surface area contributed by atoms with Gasteiger partial charge in [-0.15, -0.1) is 0 Å². The van der Waals surface area contributed by atoms with Crippen LogP contribution in [0.3, 0.4) is 0 Å². The third-order valence-corrected chi connectivity index (χ3v) is 2.02. The molecule has 0 aromatic rings. The molecule has 1 atom stereocenters. The highest BCUT2D eigenvalue weighted by atomic mass is 16.5. The first kappa shape index (κ1) is 11.9. The lowest BCUT2D eigenvalue weighted by molar-refractivity contribution is -0.153. The van der Waals surface area contributed by atoms with Gasteiger partial charge in [0.15, 0.2) is 0 Å². The zero-order valence-electron chi connectivity index (χ0n) is 8.80. The highest BCUT2D eigenvalue weighted by molar-refractivity contribution is 6.32. The normalized spacial score (nSPS) is 13.3. The van der Waals surface area contributed by atoms with Crippen LogP contribution in [0, 0.1) is 5.41 Å². The van der Waals surface area contributed by atoms with Crippen LogP contribution in [-0.2, 0) is 14.3 Å². The van der Waals surface area contributed by atoms with Gasteiger partial charge in [0.1, 0.15) is 0 Å². The van der Waals surface area contributed by atoms with Crippen molar-refractivity contribution in [3.8, 4) is 0 Å². The number of ether oxygens (including phenoxy) is 1. The molecule has 13 heavy (non-hydrogen) atoms. The van der Waals surface area contributed by atoms with E-state index in [1.54, 1.807) is 0 Å². The van der Waals surface area contributed by atoms with Crippen molar-refractivity contribution in [3.05, 3.63) is 0 Å². The molecular weight excluding hydrogens is 170 g/mol. The lowest BCUT2D eigenvalue weighted by atomic mass is 9.88. The van der Waals surface area contributed by atoms with E-state index in [1.807, 2.05) is 27.7 Å². The summed E-state index contributed by atoms with van der Waals surface area (Å²) in [5.74, 6) is -1.54. The summed E-state index contributed by atoms with van der Waals surface area (Å²) in [7, 11) is 1.18. The Morgan fingerprint density at radius 1 is 1.31 bits per heavy atom. The smallest absolute Gasteiger partial charge is 0.396 e. The maximum absolute atomic E-state index is 11.0. The van der Waals surface area contributed by atoms with Crippen LogP contribution in [0.5, 0.6) is 0 Å². The van der Waals surface area contributed by atoms with E-state index in [1.165, 1.54) is 7.11 Å². The number of methoxy groups -OCH3 is 1. The second-order valence-corrected chi connectivity index (χ2v) is 4.05. The Kier molecular flexibility index (Phi) is 3.91. The molecule has 0 rings (SSSR count). The van der Waals surface area contributed by atoms with Crippen molar-refractivity contribution in [1.82, 2.24) is 5.32 Å². The molecule has 0 aromatic carbocycles. The summed E-state index contributed by atoms with van der Waals surface area (Å²) < 4.78 is 4.27. The second kappa shape index (κ2) is 4.25. The number of carbonyl (C=O) groups excluding carboxylic acids is 2. The van der Waals surface area contributed by atoms with Gasteiger partial charge < -0.3 is 10.1 Å². The van der Waals surface area contributed by atoms with Gasteiger partial charge in [-0.25, -0.2) is 4.79 Å². The van der Waals surface area contributed by atoms with Gasteiger partial charge >= 0.3 is 11.9 Å². The zero-order chi connectivity index (χ0) is 10.6. The monoisotopic (exact) mass is 187 g/mol. The van der Waals surface area contributed by atoms with Crippen LogP contribution < -0.4 is 5.32 Å². The fourth-order valence-electron chi connectivity index (χ4n) is 0.565. The van der Waals surface area contributed by atoms with E-state index in [0.717, 1.165) is 0 Å². The average molecular weight is 187 g/mol. The molecule has 0 aliphatic carbocycles. The molecule has 0 radical (unpaired) electrons. The molecule has 0 heterocycles. The fraction of sp³-hybridized carbons (Fsp3) is 0.778. The van der Waals surface area contributed by atoms with Crippen LogP contribution in [0.1, 0.15) is 27.7 Å². The molecule has 0 aromatic heterocycles. The van der Waals surface area contributed by atoms with Crippen LogP contribution in [0.2, 0.25) is 0 Å². The molecule has 76 valence electrons. The standard InChI is InChI=1S/C9H17NO3/c1-6(9(2,3)4)10-7(11)8(12)13-5/h6H,1-5H3,(H,10,11). The van der Waals surface area contributed by atoms with E-state index in [2.05, 4.69) is 10.1 Å². The predicted molar refractivity (Wildman–Crippen MR) is 49.1 cm³/mol. The Hall–Kier alpha value is -1.06. The lowest BCUT2D eigenvalue weighted by Crippen LogP contribution is -2.44. The molecule has 1 amide bonds. The predicted octanol–water partition coefficient (Wildman–Crippen LogP) is 0.710. The van der Waals surface area contributed by atoms with Crippen molar-refractivity contribution < 1.29 is 14.3 Å². The molecule has 1 unspecified atom stereocenters. The maximum atomic E-state index is 11.0. The van der Waals surface area contributed by atoms with E-state index in [0.29, 0.717) is 0 Å². The second-order valence-electron chi connectivity index (χ2n) is 4.05. The SMILES string of the molecule is COC(=O)C(=O)NC(C)C(C)(C)C. The van der Waals surface area contributed by atoms with Gasteiger partial charge in [0.2, 0.25) is 0 Å². The van der Waals surface area contributed by atoms with Gasteiger partial charge in [-0.2, -0.15) is 0 Å². The summed E-state index contributed by atoms with van der Waals surface area (Å²) in [5, 5.41) is 2.56. The summed E-state index contributed by atoms with van der Waals surface area (Å²) in [5.41, 5.74) is -0.0658. The topological polar surface area (TPSA) is 55.4 Å². The number of rotatable bonds is 1. The number of esters is 1. The van der Waals surface area contributed by atoms with Crippen molar-refractivity contribution in [2.75, 3.05) is 7.11 Å². The zero-order valence-corrected chi connectivity index (χ0v) is 8.80. The van der Waals surface area contributed by atoms with Crippen molar-refractivity contribution >= 4 is 11.9 Å². The molecule has 0 bridgehead atoms. The van der Waals surface area contributed by atoms with Crippen molar-refractivity contribution in [3.63, 3.8) is 0 Å². The van der Waals surface area contributed by atoms with Gasteiger partial charge in [0.05, 0.1) is 7.11 Å². The summed E-state index contributed by atoms with van der Waals surface area (Å²) in [6.45, 7) is 7.79. The Bertz CT molecular complexity index is 205. The van der Waals surface area contributed by atoms with Crippen molar-refractivity contribution in [2.24, 2.45) is 5.41 Å². The Morgan fingerprint density at radius 3 is 2.08 bits per heavy atom. The first-order valence-electron chi connectivity index (χ1n) is 4.18. The van der Waals surface area contributed by atoms with Crippen LogP contribution in [0.4, 0.5) is 0 Å². The highest BCUT2D eigenvalue weighted by Crippen LogP contribution is 2.18. The summed E-state index contributed by atoms with van der Waals surface area (Å²) in [4.78, 5) is 21.8. The Balaban J connectivity index is 4.15. The summed E-state index contributed by atoms with van der Waals surface area (Å²) >= 11 is 0. The van der Waals surface area contributed by atoms with Gasteiger partial charge in [-0.05, 0) is 12.3 Å². The fourth-order valence-corrected chi connectivity index (χ4v) is 0.565. The first-order valence-corrected chi connectivity index (χ1v) is 4.18. The number of amides is 1.